The van der Waals surface area contributed by atoms with E-state index in [4.69, 9.17) is 0 Å². The van der Waals surface area contributed by atoms with Crippen molar-refractivity contribution in [2.75, 3.05) is 0 Å². The molecule has 0 bridgehead atoms. The second kappa shape index (κ2) is 10.6. The molecular formula is C20H27N3S. The third-order valence-electron chi connectivity index (χ3n) is 3.06. The average Bonchev–Trinajstić information content (AvgIpc) is 3.27. The molecule has 0 unspecified atom stereocenters. The maximum Gasteiger partial charge on any atom is 0.0931 e. The van der Waals surface area contributed by atoms with E-state index in [9.17, 15) is 0 Å². The fraction of sp³-hybridized carbons (Fsp3) is 0.300. The molecule has 0 atom stereocenters. The monoisotopic (exact) mass is 341 g/mol. The number of hydrogen-bond donors (Lipinski definition) is 1. The molecule has 0 amide bonds. The Morgan fingerprint density at radius 2 is 1.46 bits per heavy atom. The Morgan fingerprint density at radius 3 is 2.21 bits per heavy atom. The number of hydrogen-bond acceptors (Lipinski definition) is 3. The molecule has 1 N–H and O–H groups in total. The van der Waals surface area contributed by atoms with Crippen LogP contribution in [0.4, 0.5) is 0 Å². The molecule has 0 saturated carbocycles. The minimum atomic E-state index is 1.03. The van der Waals surface area contributed by atoms with Crippen molar-refractivity contribution in [1.29, 1.82) is 0 Å². The van der Waals surface area contributed by atoms with Crippen molar-refractivity contribution in [1.82, 2.24) is 15.0 Å². The van der Waals surface area contributed by atoms with Gasteiger partial charge in [0.1, 0.15) is 0 Å². The lowest BCUT2D eigenvalue weighted by atomic mass is 10.2. The van der Waals surface area contributed by atoms with Crippen molar-refractivity contribution < 1.29 is 0 Å². The number of rotatable bonds is 0. The molecule has 2 heterocycles. The fourth-order valence-electron chi connectivity index (χ4n) is 2.02. The largest absolute Gasteiger partial charge is 0.345 e. The molecule has 0 fully saturated rings. The molecule has 4 rings (SSSR count). The van der Waals surface area contributed by atoms with Crippen LogP contribution in [0.5, 0.6) is 0 Å². The maximum atomic E-state index is 4.20. The van der Waals surface area contributed by atoms with Crippen LogP contribution < -0.4 is 0 Å². The lowest BCUT2D eigenvalue weighted by Crippen LogP contribution is -1.71. The predicted molar refractivity (Wildman–Crippen MR) is 108 cm³/mol. The number of nitrogens with one attached hydrogen (secondary N) is 1. The molecular weight excluding hydrogens is 314 g/mol. The van der Waals surface area contributed by atoms with Crippen molar-refractivity contribution in [3.05, 3.63) is 59.4 Å². The van der Waals surface area contributed by atoms with E-state index in [1.165, 1.54) is 15.8 Å². The minimum absolute atomic E-state index is 1.03. The number of benzene rings is 2. The summed E-state index contributed by atoms with van der Waals surface area (Å²) < 4.78 is 1.27. The summed E-state index contributed by atoms with van der Waals surface area (Å²) in [5, 5.41) is 0. The molecule has 0 radical (unpaired) electrons. The summed E-state index contributed by atoms with van der Waals surface area (Å²) in [5.74, 6) is 0. The Balaban J connectivity index is 0.000000199. The summed E-state index contributed by atoms with van der Waals surface area (Å²) in [6.45, 7) is 12.2. The van der Waals surface area contributed by atoms with Crippen LogP contribution in [0.15, 0.2) is 48.2 Å². The van der Waals surface area contributed by atoms with Crippen LogP contribution in [0.3, 0.4) is 0 Å². The molecule has 4 aromatic rings. The molecule has 3 nitrogen and oxygen atoms in total. The van der Waals surface area contributed by atoms with E-state index >= 15 is 0 Å². The summed E-state index contributed by atoms with van der Waals surface area (Å²) in [6, 6.07) is 12.5. The summed E-state index contributed by atoms with van der Waals surface area (Å²) in [5.41, 5.74) is 7.68. The van der Waals surface area contributed by atoms with Crippen LogP contribution in [0.1, 0.15) is 38.8 Å². The first-order valence-electron chi connectivity index (χ1n) is 8.42. The van der Waals surface area contributed by atoms with E-state index < -0.39 is 0 Å². The topological polar surface area (TPSA) is 41.6 Å². The molecule has 24 heavy (non-hydrogen) atoms. The van der Waals surface area contributed by atoms with Crippen molar-refractivity contribution in [2.45, 2.75) is 41.5 Å². The summed E-state index contributed by atoms with van der Waals surface area (Å²) >= 11 is 1.68. The lowest BCUT2D eigenvalue weighted by molar-refractivity contribution is 1.34. The third-order valence-corrected chi connectivity index (χ3v) is 3.87. The van der Waals surface area contributed by atoms with Gasteiger partial charge in [-0.3, -0.25) is 0 Å². The summed E-state index contributed by atoms with van der Waals surface area (Å²) in [6.07, 6.45) is 1.71. The first-order valence-corrected chi connectivity index (χ1v) is 9.30. The molecule has 0 aliphatic heterocycles. The summed E-state index contributed by atoms with van der Waals surface area (Å²) in [4.78, 5) is 11.4. The number of imidazole rings is 1. The first kappa shape index (κ1) is 19.8. The van der Waals surface area contributed by atoms with Crippen LogP contribution in [-0.2, 0) is 0 Å². The van der Waals surface area contributed by atoms with Gasteiger partial charge >= 0.3 is 0 Å². The third kappa shape index (κ3) is 5.46. The first-order chi connectivity index (χ1) is 11.7. The molecule has 0 saturated heterocycles. The number of aromatic nitrogens is 3. The van der Waals surface area contributed by atoms with Crippen molar-refractivity contribution >= 4 is 32.6 Å². The van der Waals surface area contributed by atoms with Gasteiger partial charge < -0.3 is 4.98 Å². The molecule has 128 valence electrons. The molecule has 2 aromatic heterocycles. The smallest absolute Gasteiger partial charge is 0.0931 e. The molecule has 4 heteroatoms. The van der Waals surface area contributed by atoms with Gasteiger partial charge in [-0.2, -0.15) is 0 Å². The molecule has 0 aliphatic rings. The Bertz CT molecular complexity index is 774. The number of aryl methyl sites for hydroxylation is 2. The van der Waals surface area contributed by atoms with Gasteiger partial charge in [0.05, 0.1) is 33.1 Å². The van der Waals surface area contributed by atoms with Crippen LogP contribution in [-0.4, -0.2) is 15.0 Å². The van der Waals surface area contributed by atoms with Crippen LogP contribution in [0, 0.1) is 13.8 Å². The Hall–Kier alpha value is -2.20. The average molecular weight is 342 g/mol. The highest BCUT2D eigenvalue weighted by Gasteiger charge is 1.94. The molecule has 2 aromatic carbocycles. The van der Waals surface area contributed by atoms with Gasteiger partial charge in [0.25, 0.3) is 0 Å². The quantitative estimate of drug-likeness (QED) is 0.395. The highest BCUT2D eigenvalue weighted by Crippen LogP contribution is 2.17. The van der Waals surface area contributed by atoms with Gasteiger partial charge in [0, 0.05) is 0 Å². The van der Waals surface area contributed by atoms with Crippen LogP contribution in [0.2, 0.25) is 0 Å². The Kier molecular flexibility index (Phi) is 8.72. The number of thiazole rings is 1. The van der Waals surface area contributed by atoms with Gasteiger partial charge in [-0.1, -0.05) is 39.8 Å². The zero-order chi connectivity index (χ0) is 17.9. The SMILES string of the molecule is CC.CC.Cc1ccc2nc[nH]c2c1.Cc1ccc2scnc2c1. The van der Waals surface area contributed by atoms with Crippen LogP contribution >= 0.6 is 11.3 Å². The van der Waals surface area contributed by atoms with Gasteiger partial charge in [-0.25, -0.2) is 9.97 Å². The minimum Gasteiger partial charge on any atom is -0.345 e. The number of fused-ring (bicyclic) bond motifs is 2. The van der Waals surface area contributed by atoms with Gasteiger partial charge in [-0.15, -0.1) is 11.3 Å². The highest BCUT2D eigenvalue weighted by molar-refractivity contribution is 7.16. The van der Waals surface area contributed by atoms with Gasteiger partial charge in [0.15, 0.2) is 0 Å². The molecule has 0 spiro atoms. The normalized spacial score (nSPS) is 9.25. The van der Waals surface area contributed by atoms with Gasteiger partial charge in [-0.05, 0) is 49.2 Å². The number of H-pyrrole nitrogens is 1. The second-order valence-corrected chi connectivity index (χ2v) is 5.63. The fourth-order valence-corrected chi connectivity index (χ4v) is 2.68. The van der Waals surface area contributed by atoms with E-state index in [1.807, 2.05) is 39.3 Å². The van der Waals surface area contributed by atoms with Crippen LogP contribution in [0.25, 0.3) is 21.3 Å². The summed E-state index contributed by atoms with van der Waals surface area (Å²) in [7, 11) is 0. The Morgan fingerprint density at radius 1 is 0.792 bits per heavy atom. The number of nitrogens with zero attached hydrogens (tertiary/aromatic N) is 2. The highest BCUT2D eigenvalue weighted by atomic mass is 32.1. The van der Waals surface area contributed by atoms with E-state index in [1.54, 1.807) is 17.7 Å². The maximum absolute atomic E-state index is 4.20. The van der Waals surface area contributed by atoms with E-state index in [0.29, 0.717) is 0 Å². The second-order valence-electron chi connectivity index (χ2n) is 4.75. The van der Waals surface area contributed by atoms with Crippen molar-refractivity contribution in [2.24, 2.45) is 0 Å². The zero-order valence-electron chi connectivity index (χ0n) is 15.4. The van der Waals surface area contributed by atoms with Gasteiger partial charge in [0.2, 0.25) is 0 Å². The van der Waals surface area contributed by atoms with E-state index in [0.717, 1.165) is 16.6 Å². The Labute approximate surface area is 148 Å². The lowest BCUT2D eigenvalue weighted by Gasteiger charge is -1.89. The zero-order valence-corrected chi connectivity index (χ0v) is 16.2. The van der Waals surface area contributed by atoms with E-state index in [-0.39, 0.29) is 0 Å². The molecule has 0 aliphatic carbocycles. The number of aromatic amines is 1. The van der Waals surface area contributed by atoms with E-state index in [2.05, 4.69) is 59.1 Å². The van der Waals surface area contributed by atoms with Crippen molar-refractivity contribution in [3.8, 4) is 0 Å². The predicted octanol–water partition coefficient (Wildman–Crippen LogP) is 6.53. The standard InChI is InChI=1S/C8H8N2.C8H7NS.2C2H6/c1-6-2-3-7-8(4-6)10-5-9-7;1-6-2-3-8-7(4-6)9-5-10-8;2*1-2/h2-5H,1H3,(H,9,10);2-5H,1H3;2*1-2H3. The van der Waals surface area contributed by atoms with Crippen molar-refractivity contribution in [3.63, 3.8) is 0 Å².